The van der Waals surface area contributed by atoms with Crippen LogP contribution >= 0.6 is 0 Å². The topological polar surface area (TPSA) is 67.2 Å². The summed E-state index contributed by atoms with van der Waals surface area (Å²) < 4.78 is 15.2. The lowest BCUT2D eigenvalue weighted by atomic mass is 10.1. The van der Waals surface area contributed by atoms with Gasteiger partial charge in [-0.05, 0) is 37.1 Å². The molecule has 39 heavy (non-hydrogen) atoms. The number of carbonyl (C=O) groups excluding carboxylic acids is 2. The van der Waals surface area contributed by atoms with Crippen molar-refractivity contribution >= 4 is 17.6 Å². The van der Waals surface area contributed by atoms with Crippen LogP contribution in [0.5, 0.6) is 0 Å². The average Bonchev–Trinajstić information content (AvgIpc) is 3.36. The maximum Gasteiger partial charge on any atom is 0.245 e. The molecule has 210 valence electrons. The first-order chi connectivity index (χ1) is 19.0. The molecule has 0 bridgehead atoms. The highest BCUT2D eigenvalue weighted by Crippen LogP contribution is 2.25. The maximum absolute atomic E-state index is 13.6. The summed E-state index contributed by atoms with van der Waals surface area (Å²) in [4.78, 5) is 28.0. The van der Waals surface area contributed by atoms with Crippen molar-refractivity contribution in [3.8, 4) is 16.9 Å². The molecular weight excluding hydrogens is 491 g/mol. The van der Waals surface area contributed by atoms with E-state index in [-0.39, 0.29) is 24.2 Å². The molecule has 0 unspecified atom stereocenters. The quantitative estimate of drug-likeness (QED) is 0.180. The van der Waals surface area contributed by atoms with Crippen LogP contribution in [0.4, 0.5) is 10.2 Å². The average molecular weight is 535 g/mol. The summed E-state index contributed by atoms with van der Waals surface area (Å²) in [6, 6.07) is 17.4. The first-order valence-corrected chi connectivity index (χ1v) is 14.5. The van der Waals surface area contributed by atoms with Gasteiger partial charge in [-0.15, -0.1) is 0 Å². The highest BCUT2D eigenvalue weighted by molar-refractivity contribution is 5.94. The zero-order valence-corrected chi connectivity index (χ0v) is 23.5. The summed E-state index contributed by atoms with van der Waals surface area (Å²) in [5.41, 5.74) is 2.22. The molecule has 0 aliphatic rings. The van der Waals surface area contributed by atoms with E-state index in [2.05, 4.69) is 24.3 Å². The van der Waals surface area contributed by atoms with Gasteiger partial charge in [0.25, 0.3) is 0 Å². The number of benzene rings is 2. The Kier molecular flexibility index (Phi) is 12.7. The Morgan fingerprint density at radius 2 is 1.49 bits per heavy atom. The van der Waals surface area contributed by atoms with Crippen molar-refractivity contribution < 1.29 is 14.0 Å². The normalized spacial score (nSPS) is 10.9. The molecule has 1 heterocycles. The largest absolute Gasteiger partial charge is 0.333 e. The summed E-state index contributed by atoms with van der Waals surface area (Å²) in [6.45, 7) is 4.90. The second-order valence-electron chi connectivity index (χ2n) is 10.1. The van der Waals surface area contributed by atoms with Gasteiger partial charge in [0.15, 0.2) is 0 Å². The zero-order valence-electron chi connectivity index (χ0n) is 23.5. The highest BCUT2D eigenvalue weighted by Gasteiger charge is 2.19. The Morgan fingerprint density at radius 3 is 2.18 bits per heavy atom. The number of amides is 2. The summed E-state index contributed by atoms with van der Waals surface area (Å²) in [5.74, 6) is -0.116. The van der Waals surface area contributed by atoms with Crippen LogP contribution in [0.25, 0.3) is 16.9 Å². The highest BCUT2D eigenvalue weighted by atomic mass is 19.1. The van der Waals surface area contributed by atoms with Gasteiger partial charge in [-0.2, -0.15) is 5.10 Å². The SMILES string of the molecule is CCCCCCCCCC(=O)N(CCCCC)CC(=O)Nc1cc(-c2ccccc2)nn1-c1ccc(F)cc1. The van der Waals surface area contributed by atoms with Crippen LogP contribution in [-0.4, -0.2) is 39.6 Å². The van der Waals surface area contributed by atoms with Gasteiger partial charge >= 0.3 is 0 Å². The lowest BCUT2D eigenvalue weighted by Crippen LogP contribution is -2.38. The van der Waals surface area contributed by atoms with E-state index in [1.165, 1.54) is 37.8 Å². The number of anilines is 1. The first kappa shape index (κ1) is 30.1. The minimum Gasteiger partial charge on any atom is -0.333 e. The molecule has 0 saturated carbocycles. The number of carbonyl (C=O) groups is 2. The number of rotatable bonds is 17. The Labute approximate surface area is 232 Å². The van der Waals surface area contributed by atoms with Crippen LogP contribution in [0.1, 0.15) is 84.5 Å². The smallest absolute Gasteiger partial charge is 0.245 e. The van der Waals surface area contributed by atoms with Gasteiger partial charge in [-0.1, -0.05) is 95.5 Å². The third-order valence-corrected chi connectivity index (χ3v) is 6.83. The van der Waals surface area contributed by atoms with Crippen molar-refractivity contribution in [3.05, 3.63) is 66.5 Å². The summed E-state index contributed by atoms with van der Waals surface area (Å²) in [7, 11) is 0. The number of halogens is 1. The van der Waals surface area contributed by atoms with E-state index in [4.69, 9.17) is 0 Å². The maximum atomic E-state index is 13.6. The molecular formula is C32H43FN4O2. The molecule has 2 amide bonds. The Hall–Kier alpha value is -3.48. The molecule has 1 N–H and O–H groups in total. The van der Waals surface area contributed by atoms with Crippen molar-refractivity contribution in [1.29, 1.82) is 0 Å². The Bertz CT molecular complexity index is 1140. The summed E-state index contributed by atoms with van der Waals surface area (Å²) in [6.07, 6.45) is 11.4. The molecule has 6 nitrogen and oxygen atoms in total. The van der Waals surface area contributed by atoms with Crippen LogP contribution in [0.15, 0.2) is 60.7 Å². The summed E-state index contributed by atoms with van der Waals surface area (Å²) in [5, 5.41) is 7.64. The van der Waals surface area contributed by atoms with E-state index < -0.39 is 0 Å². The first-order valence-electron chi connectivity index (χ1n) is 14.5. The number of hydrogen-bond donors (Lipinski definition) is 1. The predicted molar refractivity (Wildman–Crippen MR) is 156 cm³/mol. The molecule has 0 radical (unpaired) electrons. The van der Waals surface area contributed by atoms with Gasteiger partial charge in [0, 0.05) is 24.6 Å². The van der Waals surface area contributed by atoms with Crippen molar-refractivity contribution in [3.63, 3.8) is 0 Å². The lowest BCUT2D eigenvalue weighted by Gasteiger charge is -2.22. The van der Waals surface area contributed by atoms with E-state index in [9.17, 15) is 14.0 Å². The number of aromatic nitrogens is 2. The van der Waals surface area contributed by atoms with E-state index in [1.807, 2.05) is 30.3 Å². The lowest BCUT2D eigenvalue weighted by molar-refractivity contribution is -0.134. The van der Waals surface area contributed by atoms with Gasteiger partial charge in [0.1, 0.15) is 11.6 Å². The predicted octanol–water partition coefficient (Wildman–Crippen LogP) is 7.78. The standard InChI is InChI=1S/C32H43FN4O2/c1-3-5-7-8-9-10-14-18-32(39)36(23-15-6-4-2)25-31(38)34-30-24-29(26-16-12-11-13-17-26)35-37(30)28-21-19-27(33)20-22-28/h11-13,16-17,19-22,24H,3-10,14-15,18,23,25H2,1-2H3,(H,34,38). The minimum atomic E-state index is -0.345. The van der Waals surface area contributed by atoms with Gasteiger partial charge in [0.2, 0.25) is 11.8 Å². The molecule has 3 rings (SSSR count). The van der Waals surface area contributed by atoms with Crippen LogP contribution in [0.2, 0.25) is 0 Å². The van der Waals surface area contributed by atoms with Crippen molar-refractivity contribution in [2.75, 3.05) is 18.4 Å². The second-order valence-corrected chi connectivity index (χ2v) is 10.1. The third kappa shape index (κ3) is 9.97. The Balaban J connectivity index is 1.68. The van der Waals surface area contributed by atoms with E-state index in [0.717, 1.165) is 44.1 Å². The van der Waals surface area contributed by atoms with Crippen LogP contribution < -0.4 is 5.32 Å². The molecule has 0 aliphatic carbocycles. The molecule has 1 aromatic heterocycles. The zero-order chi connectivity index (χ0) is 27.9. The molecule has 0 saturated heterocycles. The van der Waals surface area contributed by atoms with E-state index >= 15 is 0 Å². The Morgan fingerprint density at radius 1 is 0.846 bits per heavy atom. The molecule has 0 aliphatic heterocycles. The minimum absolute atomic E-state index is 0.00564. The van der Waals surface area contributed by atoms with Gasteiger partial charge in [0.05, 0.1) is 17.9 Å². The van der Waals surface area contributed by atoms with Gasteiger partial charge in [-0.3, -0.25) is 9.59 Å². The van der Waals surface area contributed by atoms with Crippen LogP contribution in [0, 0.1) is 5.82 Å². The molecule has 7 heteroatoms. The molecule has 3 aromatic rings. The number of hydrogen-bond acceptors (Lipinski definition) is 3. The summed E-state index contributed by atoms with van der Waals surface area (Å²) >= 11 is 0. The van der Waals surface area contributed by atoms with E-state index in [0.29, 0.717) is 30.2 Å². The van der Waals surface area contributed by atoms with Crippen molar-refractivity contribution in [2.45, 2.75) is 84.5 Å². The van der Waals surface area contributed by atoms with Gasteiger partial charge < -0.3 is 10.2 Å². The van der Waals surface area contributed by atoms with Crippen LogP contribution in [0.3, 0.4) is 0 Å². The fourth-order valence-corrected chi connectivity index (χ4v) is 4.59. The fraction of sp³-hybridized carbons (Fsp3) is 0.469. The van der Waals surface area contributed by atoms with Crippen molar-refractivity contribution in [1.82, 2.24) is 14.7 Å². The molecule has 0 spiro atoms. The van der Waals surface area contributed by atoms with E-state index in [1.54, 1.807) is 27.8 Å². The molecule has 2 aromatic carbocycles. The monoisotopic (exact) mass is 534 g/mol. The number of nitrogens with zero attached hydrogens (tertiary/aromatic N) is 3. The fourth-order valence-electron chi connectivity index (χ4n) is 4.59. The van der Waals surface area contributed by atoms with Crippen LogP contribution in [-0.2, 0) is 9.59 Å². The van der Waals surface area contributed by atoms with Gasteiger partial charge in [-0.25, -0.2) is 9.07 Å². The third-order valence-electron chi connectivity index (χ3n) is 6.83. The number of unbranched alkanes of at least 4 members (excludes halogenated alkanes) is 8. The molecule has 0 atom stereocenters. The van der Waals surface area contributed by atoms with Crippen molar-refractivity contribution in [2.24, 2.45) is 0 Å². The number of nitrogens with one attached hydrogen (secondary N) is 1. The molecule has 0 fully saturated rings. The second kappa shape index (κ2) is 16.5.